The van der Waals surface area contributed by atoms with Gasteiger partial charge >= 0.3 is 0 Å². The summed E-state index contributed by atoms with van der Waals surface area (Å²) in [6.07, 6.45) is 3.07. The highest BCUT2D eigenvalue weighted by molar-refractivity contribution is 5.22. The predicted molar refractivity (Wildman–Crippen MR) is 116 cm³/mol. The SMILES string of the molecule is COC[C@@H]1CC[C@@](C)(C#CC(O)[C@@H](CCCCO)OCc2ccccc2)C1(C)C. The molecule has 1 fully saturated rings. The van der Waals surface area contributed by atoms with Gasteiger partial charge in [0.2, 0.25) is 0 Å². The lowest BCUT2D eigenvalue weighted by Gasteiger charge is -2.38. The second-order valence-electron chi connectivity index (χ2n) is 9.01. The van der Waals surface area contributed by atoms with Crippen molar-refractivity contribution >= 4 is 0 Å². The number of benzene rings is 1. The minimum atomic E-state index is -0.841. The smallest absolute Gasteiger partial charge is 0.140 e. The molecule has 0 bridgehead atoms. The Morgan fingerprint density at radius 3 is 2.55 bits per heavy atom. The Labute approximate surface area is 176 Å². The van der Waals surface area contributed by atoms with Crippen molar-refractivity contribution in [2.45, 2.75) is 71.7 Å². The molecule has 4 heteroatoms. The topological polar surface area (TPSA) is 58.9 Å². The molecule has 2 N–H and O–H groups in total. The second-order valence-corrected chi connectivity index (χ2v) is 9.01. The Morgan fingerprint density at radius 1 is 1.17 bits per heavy atom. The third-order valence-electron chi connectivity index (χ3n) is 6.86. The van der Waals surface area contributed by atoms with E-state index in [4.69, 9.17) is 14.6 Å². The molecule has 1 aliphatic rings. The first-order valence-corrected chi connectivity index (χ1v) is 10.8. The maximum Gasteiger partial charge on any atom is 0.140 e. The highest BCUT2D eigenvalue weighted by atomic mass is 16.5. The van der Waals surface area contributed by atoms with Gasteiger partial charge in [-0.3, -0.25) is 0 Å². The number of aliphatic hydroxyl groups is 2. The molecule has 4 atom stereocenters. The van der Waals surface area contributed by atoms with Gasteiger partial charge in [0.25, 0.3) is 0 Å². The van der Waals surface area contributed by atoms with Crippen molar-refractivity contribution in [3.8, 4) is 11.8 Å². The van der Waals surface area contributed by atoms with E-state index in [1.807, 2.05) is 30.3 Å². The molecular formula is C25H38O4. The van der Waals surface area contributed by atoms with Crippen molar-refractivity contribution in [1.82, 2.24) is 0 Å². The number of methoxy groups -OCH3 is 1. The highest BCUT2D eigenvalue weighted by Crippen LogP contribution is 2.55. The van der Waals surface area contributed by atoms with Gasteiger partial charge in [-0.15, -0.1) is 0 Å². The fourth-order valence-corrected chi connectivity index (χ4v) is 4.21. The third-order valence-corrected chi connectivity index (χ3v) is 6.86. The van der Waals surface area contributed by atoms with Gasteiger partial charge in [-0.05, 0) is 55.9 Å². The molecule has 1 aliphatic carbocycles. The average Bonchev–Trinajstić information content (AvgIpc) is 2.93. The normalized spacial score (nSPS) is 25.2. The molecular weight excluding hydrogens is 364 g/mol. The maximum absolute atomic E-state index is 10.8. The molecule has 4 nitrogen and oxygen atoms in total. The first-order valence-electron chi connectivity index (χ1n) is 10.8. The number of aliphatic hydroxyl groups excluding tert-OH is 2. The number of hydrogen-bond acceptors (Lipinski definition) is 4. The van der Waals surface area contributed by atoms with E-state index in [2.05, 4.69) is 32.6 Å². The van der Waals surface area contributed by atoms with Gasteiger partial charge in [0.15, 0.2) is 0 Å². The Balaban J connectivity index is 2.07. The minimum Gasteiger partial charge on any atom is -0.396 e. The van der Waals surface area contributed by atoms with Crippen LogP contribution in [-0.2, 0) is 16.1 Å². The van der Waals surface area contributed by atoms with Crippen LogP contribution in [0.5, 0.6) is 0 Å². The van der Waals surface area contributed by atoms with E-state index in [0.29, 0.717) is 25.4 Å². The Kier molecular flexibility index (Phi) is 9.17. The summed E-state index contributed by atoms with van der Waals surface area (Å²) in [5.41, 5.74) is 0.935. The molecule has 162 valence electrons. The monoisotopic (exact) mass is 402 g/mol. The van der Waals surface area contributed by atoms with Crippen LogP contribution in [0.2, 0.25) is 0 Å². The van der Waals surface area contributed by atoms with Crippen molar-refractivity contribution in [2.24, 2.45) is 16.7 Å². The van der Waals surface area contributed by atoms with E-state index < -0.39 is 6.10 Å². The summed E-state index contributed by atoms with van der Waals surface area (Å²) in [6, 6.07) is 9.97. The molecule has 1 aromatic carbocycles. The average molecular weight is 403 g/mol. The van der Waals surface area contributed by atoms with Crippen molar-refractivity contribution < 1.29 is 19.7 Å². The van der Waals surface area contributed by atoms with Crippen molar-refractivity contribution in [3.05, 3.63) is 35.9 Å². The molecule has 1 unspecified atom stereocenters. The Bertz CT molecular complexity index is 660. The van der Waals surface area contributed by atoms with Crippen LogP contribution in [0.3, 0.4) is 0 Å². The number of rotatable bonds is 10. The van der Waals surface area contributed by atoms with Crippen LogP contribution in [0.4, 0.5) is 0 Å². The number of unbranched alkanes of at least 4 members (excludes halogenated alkanes) is 1. The summed E-state index contributed by atoms with van der Waals surface area (Å²) in [5, 5.41) is 19.9. The fourth-order valence-electron chi connectivity index (χ4n) is 4.21. The first kappa shape index (κ1) is 23.9. The van der Waals surface area contributed by atoms with Gasteiger partial charge in [0, 0.05) is 25.7 Å². The van der Waals surface area contributed by atoms with Gasteiger partial charge in [-0.2, -0.15) is 0 Å². The lowest BCUT2D eigenvalue weighted by atomic mass is 9.66. The van der Waals surface area contributed by atoms with Crippen LogP contribution in [0, 0.1) is 28.6 Å². The van der Waals surface area contributed by atoms with E-state index in [1.165, 1.54) is 0 Å². The Hall–Kier alpha value is -1.38. The lowest BCUT2D eigenvalue weighted by molar-refractivity contribution is -0.0292. The van der Waals surface area contributed by atoms with Crippen LogP contribution < -0.4 is 0 Å². The molecule has 1 saturated carbocycles. The summed E-state index contributed by atoms with van der Waals surface area (Å²) >= 11 is 0. The Morgan fingerprint density at radius 2 is 1.90 bits per heavy atom. The summed E-state index contributed by atoms with van der Waals surface area (Å²) in [7, 11) is 1.75. The summed E-state index contributed by atoms with van der Waals surface area (Å²) < 4.78 is 11.5. The van der Waals surface area contributed by atoms with Crippen LogP contribution in [0.1, 0.15) is 58.4 Å². The third kappa shape index (κ3) is 6.30. The predicted octanol–water partition coefficient (Wildman–Crippen LogP) is 4.19. The van der Waals surface area contributed by atoms with E-state index in [-0.39, 0.29) is 23.5 Å². The molecule has 0 spiro atoms. The van der Waals surface area contributed by atoms with Gasteiger partial charge < -0.3 is 19.7 Å². The molecule has 0 radical (unpaired) electrons. The van der Waals surface area contributed by atoms with Crippen LogP contribution in [0.15, 0.2) is 30.3 Å². The van der Waals surface area contributed by atoms with Crippen LogP contribution >= 0.6 is 0 Å². The van der Waals surface area contributed by atoms with E-state index in [1.54, 1.807) is 7.11 Å². The maximum atomic E-state index is 10.8. The zero-order chi connectivity index (χ0) is 21.3. The standard InChI is InChI=1S/C25H38O4/c1-24(2)21(19-28-4)13-15-25(24,3)16-14-22(27)23(12-8-9-17-26)29-18-20-10-6-5-7-11-20/h5-7,10-11,21-23,26-27H,8-9,12-13,15,17-19H2,1-4H3/t21-,22?,23+,25-/m0/s1. The van der Waals surface area contributed by atoms with Crippen molar-refractivity contribution in [1.29, 1.82) is 0 Å². The van der Waals surface area contributed by atoms with Gasteiger partial charge in [-0.1, -0.05) is 56.0 Å². The number of hydrogen-bond donors (Lipinski definition) is 2. The summed E-state index contributed by atoms with van der Waals surface area (Å²) in [6.45, 7) is 8.07. The second kappa shape index (κ2) is 11.1. The molecule has 2 rings (SSSR count). The fraction of sp³-hybridized carbons (Fsp3) is 0.680. The molecule has 29 heavy (non-hydrogen) atoms. The molecule has 0 aromatic heterocycles. The van der Waals surface area contributed by atoms with Gasteiger partial charge in [-0.25, -0.2) is 0 Å². The van der Waals surface area contributed by atoms with E-state index in [9.17, 15) is 5.11 Å². The van der Waals surface area contributed by atoms with Crippen molar-refractivity contribution in [3.63, 3.8) is 0 Å². The summed E-state index contributed by atoms with van der Waals surface area (Å²) in [4.78, 5) is 0. The first-order chi connectivity index (χ1) is 13.8. The van der Waals surface area contributed by atoms with Gasteiger partial charge in [0.05, 0.1) is 12.7 Å². The number of ether oxygens (including phenoxy) is 2. The molecule has 0 amide bonds. The molecule has 0 heterocycles. The zero-order valence-electron chi connectivity index (χ0n) is 18.5. The highest BCUT2D eigenvalue weighted by Gasteiger charge is 2.50. The summed E-state index contributed by atoms with van der Waals surface area (Å²) in [5.74, 6) is 7.02. The molecule has 1 aromatic rings. The van der Waals surface area contributed by atoms with Crippen LogP contribution in [0.25, 0.3) is 0 Å². The van der Waals surface area contributed by atoms with E-state index >= 15 is 0 Å². The quantitative estimate of drug-likeness (QED) is 0.455. The molecule has 0 aliphatic heterocycles. The minimum absolute atomic E-state index is 0.0208. The lowest BCUT2D eigenvalue weighted by Crippen LogP contribution is -2.35. The van der Waals surface area contributed by atoms with Crippen molar-refractivity contribution in [2.75, 3.05) is 20.3 Å². The van der Waals surface area contributed by atoms with Gasteiger partial charge in [0.1, 0.15) is 6.10 Å². The van der Waals surface area contributed by atoms with Crippen LogP contribution in [-0.4, -0.2) is 42.7 Å². The van der Waals surface area contributed by atoms with E-state index in [0.717, 1.165) is 31.4 Å². The largest absolute Gasteiger partial charge is 0.396 e. The zero-order valence-corrected chi connectivity index (χ0v) is 18.5. The molecule has 0 saturated heterocycles.